The number of anilines is 1. The van der Waals surface area contributed by atoms with Crippen molar-refractivity contribution in [2.45, 2.75) is 38.7 Å². The molecule has 0 fully saturated rings. The number of halogens is 6. The summed E-state index contributed by atoms with van der Waals surface area (Å²) in [5.74, 6) is -4.63. The molecule has 14 heteroatoms. The van der Waals surface area contributed by atoms with E-state index in [4.69, 9.17) is 16.3 Å². The van der Waals surface area contributed by atoms with Gasteiger partial charge in [-0.2, -0.15) is 13.2 Å². The summed E-state index contributed by atoms with van der Waals surface area (Å²) in [5.41, 5.74) is -3.36. The maximum absolute atomic E-state index is 15.0. The van der Waals surface area contributed by atoms with Gasteiger partial charge in [-0.15, -0.1) is 5.10 Å². The van der Waals surface area contributed by atoms with E-state index < -0.39 is 58.2 Å². The van der Waals surface area contributed by atoms with Gasteiger partial charge in [0.25, 0.3) is 5.91 Å². The highest BCUT2D eigenvalue weighted by molar-refractivity contribution is 6.34. The lowest BCUT2D eigenvalue weighted by molar-refractivity contribution is -0.190. The third kappa shape index (κ3) is 5.68. The molecule has 2 heterocycles. The van der Waals surface area contributed by atoms with Crippen LogP contribution in [0.15, 0.2) is 24.3 Å². The van der Waals surface area contributed by atoms with Crippen molar-refractivity contribution in [3.05, 3.63) is 52.3 Å². The summed E-state index contributed by atoms with van der Waals surface area (Å²) in [6, 6.07) is 4.08. The molecule has 1 atom stereocenters. The van der Waals surface area contributed by atoms with Crippen molar-refractivity contribution in [1.82, 2.24) is 19.7 Å². The monoisotopic (exact) mass is 519 g/mol. The van der Waals surface area contributed by atoms with E-state index in [9.17, 15) is 27.5 Å². The first-order chi connectivity index (χ1) is 16.1. The fraction of sp³-hybridized carbons (Fsp3) is 0.333. The Bertz CT molecular complexity index is 1250. The van der Waals surface area contributed by atoms with Crippen LogP contribution in [0.4, 0.5) is 27.6 Å². The molecule has 1 aromatic carbocycles. The van der Waals surface area contributed by atoms with Gasteiger partial charge in [-0.25, -0.2) is 23.4 Å². The number of nitrogens with one attached hydrogen (secondary N) is 1. The standard InChI is InChI=1S/C21H19ClF5N5O3/c1-9(21(25,26)27)35-18-10(17(33)28-14-11(22)6-5-7-12(14)23)8-13(24)15(29-18)16-30-19(20(2,3)34)32(4)31-16/h5-9,34H,1-4H3,(H,28,33)/t9-/m0/s1. The topological polar surface area (TPSA) is 102 Å². The van der Waals surface area contributed by atoms with E-state index in [1.807, 2.05) is 0 Å². The fourth-order valence-corrected chi connectivity index (χ4v) is 3.14. The maximum Gasteiger partial charge on any atom is 0.425 e. The van der Waals surface area contributed by atoms with Crippen LogP contribution in [0.3, 0.4) is 0 Å². The second-order valence-corrected chi connectivity index (χ2v) is 8.37. The van der Waals surface area contributed by atoms with Crippen molar-refractivity contribution in [2.75, 3.05) is 5.32 Å². The van der Waals surface area contributed by atoms with Gasteiger partial charge in [0.05, 0.1) is 10.7 Å². The second kappa shape index (κ2) is 9.38. The van der Waals surface area contributed by atoms with Crippen molar-refractivity contribution in [3.63, 3.8) is 0 Å². The minimum absolute atomic E-state index is 0.0100. The summed E-state index contributed by atoms with van der Waals surface area (Å²) in [6.07, 6.45) is -7.29. The molecular formula is C21H19ClF5N5O3. The number of benzene rings is 1. The lowest BCUT2D eigenvalue weighted by Gasteiger charge is -2.19. The minimum atomic E-state index is -4.85. The number of ether oxygens (including phenoxy) is 1. The molecule has 0 saturated carbocycles. The third-order valence-electron chi connectivity index (χ3n) is 4.66. The highest BCUT2D eigenvalue weighted by Gasteiger charge is 2.39. The Balaban J connectivity index is 2.12. The molecule has 0 aliphatic rings. The van der Waals surface area contributed by atoms with Crippen LogP contribution in [-0.4, -0.2) is 43.0 Å². The van der Waals surface area contributed by atoms with Crippen LogP contribution in [0.5, 0.6) is 5.88 Å². The number of aromatic nitrogens is 4. The van der Waals surface area contributed by atoms with Crippen LogP contribution < -0.4 is 10.1 Å². The second-order valence-electron chi connectivity index (χ2n) is 7.97. The van der Waals surface area contributed by atoms with E-state index in [1.165, 1.54) is 33.0 Å². The molecule has 35 heavy (non-hydrogen) atoms. The van der Waals surface area contributed by atoms with Gasteiger partial charge in [0.1, 0.15) is 22.7 Å². The SMILES string of the molecule is C[C@H](Oc1nc(-c2nc(C(C)(C)O)n(C)n2)c(F)cc1C(=O)Nc1c(F)cccc1Cl)C(F)(F)F. The van der Waals surface area contributed by atoms with Crippen molar-refractivity contribution in [2.24, 2.45) is 7.05 Å². The first kappa shape index (κ1) is 26.3. The molecule has 3 rings (SSSR count). The molecule has 0 aliphatic heterocycles. The van der Waals surface area contributed by atoms with Crippen LogP contribution in [0.25, 0.3) is 11.5 Å². The van der Waals surface area contributed by atoms with E-state index in [-0.39, 0.29) is 16.7 Å². The third-order valence-corrected chi connectivity index (χ3v) is 4.97. The zero-order chi connectivity index (χ0) is 26.3. The Kier molecular flexibility index (Phi) is 7.04. The van der Waals surface area contributed by atoms with E-state index in [0.29, 0.717) is 13.0 Å². The molecular weight excluding hydrogens is 501 g/mol. The number of carbonyl (C=O) groups is 1. The molecule has 0 aliphatic carbocycles. The Hall–Kier alpha value is -3.32. The molecule has 0 radical (unpaired) electrons. The Morgan fingerprint density at radius 3 is 2.40 bits per heavy atom. The zero-order valence-electron chi connectivity index (χ0n) is 18.7. The predicted octanol–water partition coefficient (Wildman–Crippen LogP) is 4.62. The summed E-state index contributed by atoms with van der Waals surface area (Å²) >= 11 is 5.87. The van der Waals surface area contributed by atoms with Gasteiger partial charge in [-0.3, -0.25) is 4.79 Å². The average Bonchev–Trinajstić information content (AvgIpc) is 3.12. The van der Waals surface area contributed by atoms with Gasteiger partial charge in [0.15, 0.2) is 17.7 Å². The van der Waals surface area contributed by atoms with E-state index in [0.717, 1.165) is 10.7 Å². The lowest BCUT2D eigenvalue weighted by atomic mass is 10.1. The smallest absolute Gasteiger partial charge is 0.425 e. The minimum Gasteiger partial charge on any atom is -0.464 e. The van der Waals surface area contributed by atoms with Crippen LogP contribution in [0.1, 0.15) is 37.0 Å². The number of para-hydroxylation sites is 1. The van der Waals surface area contributed by atoms with Gasteiger partial charge >= 0.3 is 6.18 Å². The van der Waals surface area contributed by atoms with Crippen molar-refractivity contribution < 1.29 is 36.6 Å². The van der Waals surface area contributed by atoms with Gasteiger partial charge < -0.3 is 15.2 Å². The van der Waals surface area contributed by atoms with Crippen LogP contribution in [-0.2, 0) is 12.6 Å². The maximum atomic E-state index is 15.0. The molecule has 8 nitrogen and oxygen atoms in total. The Labute approximate surface area is 200 Å². The summed E-state index contributed by atoms with van der Waals surface area (Å²) in [5, 5.41) is 16.0. The summed E-state index contributed by atoms with van der Waals surface area (Å²) in [4.78, 5) is 20.5. The summed E-state index contributed by atoms with van der Waals surface area (Å²) < 4.78 is 74.6. The Morgan fingerprint density at radius 1 is 1.20 bits per heavy atom. The molecule has 3 aromatic rings. The number of aliphatic hydroxyl groups is 1. The molecule has 1 amide bonds. The van der Waals surface area contributed by atoms with Gasteiger partial charge in [0.2, 0.25) is 11.7 Å². The average molecular weight is 520 g/mol. The van der Waals surface area contributed by atoms with E-state index in [2.05, 4.69) is 20.4 Å². The molecule has 0 bridgehead atoms. The number of pyridine rings is 1. The summed E-state index contributed by atoms with van der Waals surface area (Å²) in [6.45, 7) is 3.45. The molecule has 2 aromatic heterocycles. The van der Waals surface area contributed by atoms with Gasteiger partial charge in [-0.1, -0.05) is 17.7 Å². The first-order valence-electron chi connectivity index (χ1n) is 9.93. The van der Waals surface area contributed by atoms with Crippen LogP contribution in [0.2, 0.25) is 5.02 Å². The normalized spacial score (nSPS) is 13.0. The number of rotatable bonds is 6. The number of aryl methyl sites for hydroxylation is 1. The highest BCUT2D eigenvalue weighted by Crippen LogP contribution is 2.32. The molecule has 2 N–H and O–H groups in total. The summed E-state index contributed by atoms with van der Waals surface area (Å²) in [7, 11) is 1.41. The molecule has 0 unspecified atom stereocenters. The zero-order valence-corrected chi connectivity index (χ0v) is 19.5. The van der Waals surface area contributed by atoms with E-state index in [1.54, 1.807) is 0 Å². The Morgan fingerprint density at radius 2 is 1.86 bits per heavy atom. The van der Waals surface area contributed by atoms with Gasteiger partial charge in [0, 0.05) is 7.05 Å². The number of hydrogen-bond acceptors (Lipinski definition) is 6. The van der Waals surface area contributed by atoms with E-state index >= 15 is 4.39 Å². The molecule has 0 spiro atoms. The largest absolute Gasteiger partial charge is 0.464 e. The van der Waals surface area contributed by atoms with Crippen LogP contribution in [0, 0.1) is 11.6 Å². The molecule has 188 valence electrons. The number of hydrogen-bond donors (Lipinski definition) is 2. The molecule has 0 saturated heterocycles. The fourth-order valence-electron chi connectivity index (χ4n) is 2.93. The number of nitrogens with zero attached hydrogens (tertiary/aromatic N) is 4. The number of alkyl halides is 3. The number of carbonyl (C=O) groups excluding carboxylic acids is 1. The highest BCUT2D eigenvalue weighted by atomic mass is 35.5. The van der Waals surface area contributed by atoms with Gasteiger partial charge in [-0.05, 0) is 39.0 Å². The predicted molar refractivity (Wildman–Crippen MR) is 115 cm³/mol. The van der Waals surface area contributed by atoms with Crippen molar-refractivity contribution in [3.8, 4) is 17.4 Å². The first-order valence-corrected chi connectivity index (χ1v) is 10.3. The quantitative estimate of drug-likeness (QED) is 0.461. The van der Waals surface area contributed by atoms with Crippen LogP contribution >= 0.6 is 11.6 Å². The van der Waals surface area contributed by atoms with Crippen molar-refractivity contribution >= 4 is 23.2 Å². The lowest BCUT2D eigenvalue weighted by Crippen LogP contribution is -2.32. The number of amides is 1. The van der Waals surface area contributed by atoms with Crippen molar-refractivity contribution in [1.29, 1.82) is 0 Å².